The van der Waals surface area contributed by atoms with Gasteiger partial charge in [-0.3, -0.25) is 4.79 Å². The van der Waals surface area contributed by atoms with Gasteiger partial charge in [-0.25, -0.2) is 0 Å². The molecule has 270 valence electrons. The van der Waals surface area contributed by atoms with E-state index in [2.05, 4.69) is 20.1 Å². The van der Waals surface area contributed by atoms with Crippen LogP contribution in [0, 0.1) is 11.8 Å². The second kappa shape index (κ2) is 14.1. The van der Waals surface area contributed by atoms with E-state index in [1.54, 1.807) is 7.11 Å². The molecular formula is C38H58O10. The smallest absolute Gasteiger partial charge is 0.172 e. The Morgan fingerprint density at radius 1 is 0.917 bits per heavy atom. The number of aliphatic hydroxyl groups is 1. The van der Waals surface area contributed by atoms with Gasteiger partial charge in [0.1, 0.15) is 18.0 Å². The highest BCUT2D eigenvalue weighted by molar-refractivity contribution is 5.79. The molecule has 10 nitrogen and oxygen atoms in total. The molecule has 7 heterocycles. The average molecular weight is 675 g/mol. The van der Waals surface area contributed by atoms with Crippen LogP contribution in [0.3, 0.4) is 0 Å². The number of ether oxygens (including phenoxy) is 8. The second-order valence-electron chi connectivity index (χ2n) is 16.3. The number of ketones is 1. The largest absolute Gasteiger partial charge is 0.387 e. The summed E-state index contributed by atoms with van der Waals surface area (Å²) < 4.78 is 50.7. The van der Waals surface area contributed by atoms with E-state index in [9.17, 15) is 9.90 Å². The van der Waals surface area contributed by atoms with Crippen molar-refractivity contribution in [3.05, 3.63) is 24.3 Å². The molecule has 0 amide bonds. The third-order valence-electron chi connectivity index (χ3n) is 12.5. The van der Waals surface area contributed by atoms with Crippen LogP contribution in [0.15, 0.2) is 24.3 Å². The van der Waals surface area contributed by atoms with Crippen molar-refractivity contribution >= 4 is 5.78 Å². The molecule has 10 heteroatoms. The van der Waals surface area contributed by atoms with Crippen molar-refractivity contribution in [1.82, 2.24) is 0 Å². The molecule has 0 aromatic rings. The maximum Gasteiger partial charge on any atom is 0.172 e. The van der Waals surface area contributed by atoms with Gasteiger partial charge in [0.05, 0.1) is 73.8 Å². The highest BCUT2D eigenvalue weighted by Crippen LogP contribution is 2.52. The summed E-state index contributed by atoms with van der Waals surface area (Å²) >= 11 is 0. The first kappa shape index (κ1) is 35.2. The fourth-order valence-corrected chi connectivity index (χ4v) is 9.64. The van der Waals surface area contributed by atoms with Gasteiger partial charge in [0.25, 0.3) is 0 Å². The first-order valence-corrected chi connectivity index (χ1v) is 18.6. The third kappa shape index (κ3) is 7.26. The molecule has 7 aliphatic rings. The van der Waals surface area contributed by atoms with E-state index in [-0.39, 0.29) is 72.7 Å². The zero-order valence-corrected chi connectivity index (χ0v) is 29.4. The van der Waals surface area contributed by atoms with Crippen LogP contribution in [0.1, 0.15) is 97.8 Å². The molecule has 0 radical (unpaired) electrons. The predicted molar refractivity (Wildman–Crippen MR) is 176 cm³/mol. The summed E-state index contributed by atoms with van der Waals surface area (Å²) in [5.74, 6) is -0.219. The van der Waals surface area contributed by atoms with Gasteiger partial charge in [-0.15, -0.1) is 0 Å². The fourth-order valence-electron chi connectivity index (χ4n) is 9.64. The van der Waals surface area contributed by atoms with Gasteiger partial charge in [-0.1, -0.05) is 20.1 Å². The number of carbonyl (C=O) groups is 1. The molecule has 0 saturated carbocycles. The molecule has 0 aromatic carbocycles. The number of fused-ring (bicyclic) bond motifs is 7. The Bertz CT molecular complexity index is 1200. The number of hydrogen-bond donors (Lipinski definition) is 1. The summed E-state index contributed by atoms with van der Waals surface area (Å²) in [5.41, 5.74) is 1.25. The minimum Gasteiger partial charge on any atom is -0.387 e. The summed E-state index contributed by atoms with van der Waals surface area (Å²) in [5, 5.41) is 11.5. The van der Waals surface area contributed by atoms with Crippen LogP contribution in [0.4, 0.5) is 0 Å². The molecule has 5 unspecified atom stereocenters. The topological polar surface area (TPSA) is 111 Å². The zero-order chi connectivity index (χ0) is 33.8. The third-order valence-corrected chi connectivity index (χ3v) is 12.5. The Balaban J connectivity index is 0.952. The number of Topliss-reactive ketones (excluding diaryl/α,β-unsaturated/α-hetero) is 1. The van der Waals surface area contributed by atoms with Crippen LogP contribution in [0.5, 0.6) is 0 Å². The SMILES string of the molecule is C=C1CO[C@@H](CC[C@@H]2OC(CC[C@]34C[C@@](C)(O)C(O3)[C@H]3C[C@@H](O4)[C@H]4OC(CC(=O)CC5[C@H](C)OC[C@@H]5OC)CCC4O3)CC2=C)C[C@H]1C. The van der Waals surface area contributed by atoms with Crippen LogP contribution >= 0.6 is 0 Å². The first-order chi connectivity index (χ1) is 22.9. The molecule has 0 aliphatic carbocycles. The molecule has 0 spiro atoms. The molecule has 7 saturated heterocycles. The fraction of sp³-hybridized carbons (Fsp3) is 0.868. The summed E-state index contributed by atoms with van der Waals surface area (Å²) in [6.45, 7) is 15.7. The lowest BCUT2D eigenvalue weighted by molar-refractivity contribution is -0.278. The van der Waals surface area contributed by atoms with Crippen LogP contribution in [0.25, 0.3) is 0 Å². The first-order valence-electron chi connectivity index (χ1n) is 18.6. The number of rotatable bonds is 11. The van der Waals surface area contributed by atoms with E-state index in [0.29, 0.717) is 51.2 Å². The quantitative estimate of drug-likeness (QED) is 0.302. The lowest BCUT2D eigenvalue weighted by Crippen LogP contribution is -2.59. The lowest BCUT2D eigenvalue weighted by Gasteiger charge is -2.48. The van der Waals surface area contributed by atoms with Gasteiger partial charge in [0.2, 0.25) is 0 Å². The number of hydrogen-bond acceptors (Lipinski definition) is 10. The van der Waals surface area contributed by atoms with E-state index in [0.717, 1.165) is 50.5 Å². The Kier molecular flexibility index (Phi) is 10.3. The van der Waals surface area contributed by atoms with E-state index >= 15 is 0 Å². The number of carbonyl (C=O) groups excluding carboxylic acids is 1. The van der Waals surface area contributed by atoms with Crippen LogP contribution in [-0.2, 0) is 42.7 Å². The summed E-state index contributed by atoms with van der Waals surface area (Å²) in [4.78, 5) is 13.2. The minimum absolute atomic E-state index is 0.00215. The Morgan fingerprint density at radius 2 is 1.75 bits per heavy atom. The molecule has 7 aliphatic heterocycles. The second-order valence-corrected chi connectivity index (χ2v) is 16.3. The Morgan fingerprint density at radius 3 is 2.54 bits per heavy atom. The predicted octanol–water partition coefficient (Wildman–Crippen LogP) is 4.98. The van der Waals surface area contributed by atoms with Gasteiger partial charge in [0, 0.05) is 45.1 Å². The normalized spacial score (nSPS) is 48.8. The molecule has 15 atom stereocenters. The standard InChI is InChI=1S/C38H58O10/c1-21-13-26(43-18-23(21)3)7-9-30-22(2)14-28(44-30)11-12-38-20-37(5,40)36(48-38)33-17-32(47-38)35-31(46-33)10-8-27(45-35)15-25(39)16-29-24(4)42-19-34(29)41-6/h21,24,26-36,40H,2-3,7-20H2,1,4-6H3/t21-,24+,26+,27?,28?,29?,30+,31?,32-,33-,34+,35+,36?,37-,38-/m1/s1. The average Bonchev–Trinajstić information content (AvgIpc) is 3.64. The number of methoxy groups -OCH3 is 1. The van der Waals surface area contributed by atoms with E-state index in [1.807, 2.05) is 13.8 Å². The minimum atomic E-state index is -1.07. The van der Waals surface area contributed by atoms with Gasteiger partial charge in [0.15, 0.2) is 5.79 Å². The summed E-state index contributed by atoms with van der Waals surface area (Å²) in [7, 11) is 1.68. The molecular weight excluding hydrogens is 616 g/mol. The molecule has 48 heavy (non-hydrogen) atoms. The highest BCUT2D eigenvalue weighted by atomic mass is 16.7. The van der Waals surface area contributed by atoms with E-state index in [4.69, 9.17) is 37.9 Å². The van der Waals surface area contributed by atoms with Crippen molar-refractivity contribution in [2.24, 2.45) is 11.8 Å². The van der Waals surface area contributed by atoms with Crippen molar-refractivity contribution in [3.8, 4) is 0 Å². The molecule has 0 aromatic heterocycles. The van der Waals surface area contributed by atoms with Crippen molar-refractivity contribution in [3.63, 3.8) is 0 Å². The van der Waals surface area contributed by atoms with Gasteiger partial charge in [-0.2, -0.15) is 0 Å². The maximum atomic E-state index is 13.2. The van der Waals surface area contributed by atoms with Crippen molar-refractivity contribution < 1.29 is 47.8 Å². The highest BCUT2D eigenvalue weighted by Gasteiger charge is 2.63. The molecule has 7 fully saturated rings. The monoisotopic (exact) mass is 674 g/mol. The van der Waals surface area contributed by atoms with Crippen LogP contribution in [-0.4, -0.2) is 110 Å². The Hall–Kier alpha value is -1.21. The Labute approximate surface area is 286 Å². The molecule has 7 rings (SSSR count). The van der Waals surface area contributed by atoms with Gasteiger partial charge < -0.3 is 43.0 Å². The lowest BCUT2D eigenvalue weighted by atomic mass is 9.82. The van der Waals surface area contributed by atoms with Crippen molar-refractivity contribution in [1.29, 1.82) is 0 Å². The maximum absolute atomic E-state index is 13.2. The summed E-state index contributed by atoms with van der Waals surface area (Å²) in [6.07, 6.45) is 6.92. The van der Waals surface area contributed by atoms with Crippen LogP contribution in [0.2, 0.25) is 0 Å². The van der Waals surface area contributed by atoms with Crippen LogP contribution < -0.4 is 0 Å². The zero-order valence-electron chi connectivity index (χ0n) is 29.4. The van der Waals surface area contributed by atoms with Gasteiger partial charge in [-0.05, 0) is 75.9 Å². The van der Waals surface area contributed by atoms with Crippen molar-refractivity contribution in [2.45, 2.75) is 176 Å². The van der Waals surface area contributed by atoms with E-state index < -0.39 is 17.5 Å². The van der Waals surface area contributed by atoms with E-state index in [1.165, 1.54) is 5.57 Å². The molecule has 1 N–H and O–H groups in total. The summed E-state index contributed by atoms with van der Waals surface area (Å²) in [6, 6.07) is 0. The molecule has 4 bridgehead atoms. The van der Waals surface area contributed by atoms with Crippen molar-refractivity contribution in [2.75, 3.05) is 20.3 Å². The van der Waals surface area contributed by atoms with Gasteiger partial charge >= 0.3 is 0 Å².